The van der Waals surface area contributed by atoms with Gasteiger partial charge in [0.15, 0.2) is 0 Å². The maximum Gasteiger partial charge on any atom is 0.0647 e. The van der Waals surface area contributed by atoms with Gasteiger partial charge in [-0.2, -0.15) is 0 Å². The van der Waals surface area contributed by atoms with E-state index in [1.165, 1.54) is 0 Å². The first-order valence-corrected chi connectivity index (χ1v) is 4.64. The molecule has 8 heavy (non-hydrogen) atoms. The van der Waals surface area contributed by atoms with E-state index in [1.807, 2.05) is 6.92 Å². The summed E-state index contributed by atoms with van der Waals surface area (Å²) in [4.78, 5) is 0. The second-order valence-electron chi connectivity index (χ2n) is 1.79. The molecule has 46 valence electrons. The Bertz CT molecular complexity index is 141. The number of hydrogen-bond acceptors (Lipinski definition) is 2. The monoisotopic (exact) mass is 148 g/mol. The molecule has 3 heteroatoms. The molecule has 1 fully saturated rings. The Morgan fingerprint density at radius 2 is 2.62 bits per heavy atom. The zero-order valence-corrected chi connectivity index (χ0v) is 6.35. The Balaban J connectivity index is 2.71. The van der Waals surface area contributed by atoms with Gasteiger partial charge in [0.25, 0.3) is 0 Å². The summed E-state index contributed by atoms with van der Waals surface area (Å²) in [6.07, 6.45) is 0. The lowest BCUT2D eigenvalue weighted by Crippen LogP contribution is -2.03. The predicted octanol–water partition coefficient (Wildman–Crippen LogP) is 1.34. The van der Waals surface area contributed by atoms with E-state index in [4.69, 9.17) is 0 Å². The van der Waals surface area contributed by atoms with Gasteiger partial charge in [0, 0.05) is 11.0 Å². The molecule has 1 nitrogen and oxygen atoms in total. The lowest BCUT2D eigenvalue weighted by atomic mass is 10.6. The first-order chi connectivity index (χ1) is 3.72. The first-order valence-electron chi connectivity index (χ1n) is 2.44. The molecule has 0 N–H and O–H groups in total. The molecular weight excluding hydrogens is 140 g/mol. The molecule has 1 aliphatic rings. The van der Waals surface area contributed by atoms with Crippen LogP contribution in [-0.2, 0) is 10.8 Å². The number of hydrogen-bond donors (Lipinski definition) is 0. The van der Waals surface area contributed by atoms with Crippen molar-refractivity contribution in [3.8, 4) is 0 Å². The van der Waals surface area contributed by atoms with Gasteiger partial charge in [-0.25, -0.2) is 0 Å². The van der Waals surface area contributed by atoms with Gasteiger partial charge in [0.2, 0.25) is 0 Å². The standard InChI is InChI=1S/C5H8OS2/c1-4-3-7-5(2)8(4)6/h4H,2-3H2,1H3/t4-,8?/m1/s1. The van der Waals surface area contributed by atoms with Crippen LogP contribution in [0.3, 0.4) is 0 Å². The van der Waals surface area contributed by atoms with Crippen molar-refractivity contribution in [1.29, 1.82) is 0 Å². The molecule has 0 amide bonds. The third kappa shape index (κ3) is 0.977. The van der Waals surface area contributed by atoms with Gasteiger partial charge in [-0.1, -0.05) is 6.58 Å². The van der Waals surface area contributed by atoms with E-state index < -0.39 is 10.8 Å². The maximum absolute atomic E-state index is 10.9. The van der Waals surface area contributed by atoms with Gasteiger partial charge < -0.3 is 0 Å². The Morgan fingerprint density at radius 1 is 2.00 bits per heavy atom. The first kappa shape index (κ1) is 6.36. The fourth-order valence-electron chi connectivity index (χ4n) is 0.555. The highest BCUT2D eigenvalue weighted by atomic mass is 32.2. The minimum Gasteiger partial charge on any atom is -0.254 e. The normalized spacial score (nSPS) is 38.4. The quantitative estimate of drug-likeness (QED) is 0.515. The Morgan fingerprint density at radius 3 is 2.75 bits per heavy atom. The molecule has 0 aliphatic carbocycles. The fraction of sp³-hybridized carbons (Fsp3) is 0.600. The SMILES string of the molecule is C=C1SC[C@@H](C)S1=O. The summed E-state index contributed by atoms with van der Waals surface area (Å²) in [6, 6.07) is 0. The number of rotatable bonds is 0. The molecule has 0 saturated carbocycles. The van der Waals surface area contributed by atoms with Crippen LogP contribution in [0.1, 0.15) is 6.92 Å². The molecule has 1 saturated heterocycles. The molecule has 0 spiro atoms. The molecule has 1 unspecified atom stereocenters. The average Bonchev–Trinajstić information content (AvgIpc) is 1.98. The van der Waals surface area contributed by atoms with E-state index in [2.05, 4.69) is 6.58 Å². The second-order valence-corrected chi connectivity index (χ2v) is 5.06. The van der Waals surface area contributed by atoms with Crippen LogP contribution in [0, 0.1) is 0 Å². The highest BCUT2D eigenvalue weighted by molar-refractivity contribution is 8.19. The van der Waals surface area contributed by atoms with Crippen LogP contribution in [0.4, 0.5) is 0 Å². The highest BCUT2D eigenvalue weighted by Crippen LogP contribution is 2.29. The summed E-state index contributed by atoms with van der Waals surface area (Å²) in [6.45, 7) is 5.64. The summed E-state index contributed by atoms with van der Waals surface area (Å²) < 4.78 is 11.7. The zero-order chi connectivity index (χ0) is 6.15. The molecule has 1 aliphatic heterocycles. The van der Waals surface area contributed by atoms with Crippen LogP contribution in [0.2, 0.25) is 0 Å². The van der Waals surface area contributed by atoms with Crippen LogP contribution in [0.15, 0.2) is 10.8 Å². The minimum absolute atomic E-state index is 0.326. The topological polar surface area (TPSA) is 17.1 Å². The summed E-state index contributed by atoms with van der Waals surface area (Å²) in [5.74, 6) is 0.978. The molecule has 0 radical (unpaired) electrons. The van der Waals surface area contributed by atoms with E-state index in [0.717, 1.165) is 9.99 Å². The van der Waals surface area contributed by atoms with Crippen molar-refractivity contribution in [3.63, 3.8) is 0 Å². The molecule has 0 aromatic heterocycles. The van der Waals surface area contributed by atoms with Crippen molar-refractivity contribution in [1.82, 2.24) is 0 Å². The second kappa shape index (κ2) is 2.23. The summed E-state index contributed by atoms with van der Waals surface area (Å²) in [5.41, 5.74) is 0. The third-order valence-corrected chi connectivity index (χ3v) is 4.46. The third-order valence-electron chi connectivity index (χ3n) is 1.07. The Hall–Kier alpha value is 0.240. The zero-order valence-electron chi connectivity index (χ0n) is 4.72. The molecule has 1 rings (SSSR count). The van der Waals surface area contributed by atoms with Crippen molar-refractivity contribution in [3.05, 3.63) is 10.8 Å². The van der Waals surface area contributed by atoms with Crippen molar-refractivity contribution in [2.24, 2.45) is 0 Å². The van der Waals surface area contributed by atoms with E-state index >= 15 is 0 Å². The number of thioether (sulfide) groups is 1. The minimum atomic E-state index is -0.744. The molecule has 2 atom stereocenters. The van der Waals surface area contributed by atoms with Gasteiger partial charge >= 0.3 is 0 Å². The Kier molecular flexibility index (Phi) is 1.77. The van der Waals surface area contributed by atoms with Crippen molar-refractivity contribution >= 4 is 22.6 Å². The lowest BCUT2D eigenvalue weighted by Gasteiger charge is -1.92. The predicted molar refractivity (Wildman–Crippen MR) is 39.2 cm³/mol. The van der Waals surface area contributed by atoms with Crippen LogP contribution in [-0.4, -0.2) is 15.2 Å². The van der Waals surface area contributed by atoms with Crippen molar-refractivity contribution < 1.29 is 4.21 Å². The summed E-state index contributed by atoms with van der Waals surface area (Å²) in [7, 11) is -0.744. The van der Waals surface area contributed by atoms with E-state index in [0.29, 0.717) is 5.25 Å². The maximum atomic E-state index is 10.9. The van der Waals surface area contributed by atoms with Crippen LogP contribution < -0.4 is 0 Å². The van der Waals surface area contributed by atoms with Crippen LogP contribution >= 0.6 is 11.8 Å². The average molecular weight is 148 g/mol. The highest BCUT2D eigenvalue weighted by Gasteiger charge is 2.22. The summed E-state index contributed by atoms with van der Waals surface area (Å²) in [5, 5.41) is 0.326. The van der Waals surface area contributed by atoms with Gasteiger partial charge in [0.05, 0.1) is 15.0 Å². The molecule has 0 bridgehead atoms. The van der Waals surface area contributed by atoms with Gasteiger partial charge in [0.1, 0.15) is 0 Å². The van der Waals surface area contributed by atoms with E-state index in [1.54, 1.807) is 11.8 Å². The lowest BCUT2D eigenvalue weighted by molar-refractivity contribution is 0.683. The summed E-state index contributed by atoms with van der Waals surface area (Å²) >= 11 is 1.62. The van der Waals surface area contributed by atoms with Gasteiger partial charge in [-0.15, -0.1) is 11.8 Å². The van der Waals surface area contributed by atoms with E-state index in [9.17, 15) is 4.21 Å². The van der Waals surface area contributed by atoms with E-state index in [-0.39, 0.29) is 0 Å². The smallest absolute Gasteiger partial charge is 0.0647 e. The molecule has 0 aromatic rings. The molecule has 0 aromatic carbocycles. The Labute approximate surface area is 56.0 Å². The largest absolute Gasteiger partial charge is 0.254 e. The molecule has 1 heterocycles. The van der Waals surface area contributed by atoms with Crippen molar-refractivity contribution in [2.75, 3.05) is 5.75 Å². The van der Waals surface area contributed by atoms with Crippen LogP contribution in [0.5, 0.6) is 0 Å². The van der Waals surface area contributed by atoms with Crippen LogP contribution in [0.25, 0.3) is 0 Å². The van der Waals surface area contributed by atoms with Gasteiger partial charge in [-0.3, -0.25) is 4.21 Å². The van der Waals surface area contributed by atoms with Crippen molar-refractivity contribution in [2.45, 2.75) is 12.2 Å². The fourth-order valence-corrected chi connectivity index (χ4v) is 3.28. The molecular formula is C5H8OS2. The van der Waals surface area contributed by atoms with Gasteiger partial charge in [-0.05, 0) is 6.92 Å².